The fourth-order valence-corrected chi connectivity index (χ4v) is 3.74. The number of amides is 1. The maximum absolute atomic E-state index is 12.8. The molecule has 0 bridgehead atoms. The number of pyridine rings is 1. The SMILES string of the molecule is O=C(C=Cc1ccc(F)cc1)NS(=O)(=O)c1c(Cl)nc2ccccn12. The second-order valence-corrected chi connectivity index (χ2v) is 6.95. The lowest BCUT2D eigenvalue weighted by Gasteiger charge is -2.05. The Balaban J connectivity index is 1.84. The van der Waals surface area contributed by atoms with Gasteiger partial charge in [-0.3, -0.25) is 9.20 Å². The molecule has 2 aromatic heterocycles. The van der Waals surface area contributed by atoms with Crippen LogP contribution in [0.4, 0.5) is 4.39 Å². The highest BCUT2D eigenvalue weighted by molar-refractivity contribution is 7.90. The summed E-state index contributed by atoms with van der Waals surface area (Å²) in [5, 5.41) is -0.567. The van der Waals surface area contributed by atoms with Crippen LogP contribution in [0.1, 0.15) is 5.56 Å². The van der Waals surface area contributed by atoms with Crippen molar-refractivity contribution in [3.05, 3.63) is 71.3 Å². The average molecular weight is 380 g/mol. The van der Waals surface area contributed by atoms with Gasteiger partial charge in [-0.2, -0.15) is 8.42 Å². The molecule has 0 aliphatic rings. The maximum atomic E-state index is 12.8. The zero-order valence-corrected chi connectivity index (χ0v) is 14.1. The number of sulfonamides is 1. The number of hydrogen-bond acceptors (Lipinski definition) is 4. The molecular formula is C16H11ClFN3O3S. The van der Waals surface area contributed by atoms with Crippen LogP contribution in [0, 0.1) is 5.82 Å². The number of rotatable bonds is 4. The van der Waals surface area contributed by atoms with Crippen LogP contribution in [-0.4, -0.2) is 23.7 Å². The normalized spacial score (nSPS) is 11.9. The van der Waals surface area contributed by atoms with E-state index in [1.807, 2.05) is 4.72 Å². The minimum Gasteiger partial charge on any atom is -0.288 e. The second kappa shape index (κ2) is 6.66. The van der Waals surface area contributed by atoms with Crippen molar-refractivity contribution in [2.75, 3.05) is 0 Å². The highest BCUT2D eigenvalue weighted by Gasteiger charge is 2.25. The van der Waals surface area contributed by atoms with E-state index in [2.05, 4.69) is 4.98 Å². The Labute approximate surface area is 147 Å². The number of nitrogens with zero attached hydrogens (tertiary/aromatic N) is 2. The van der Waals surface area contributed by atoms with Crippen molar-refractivity contribution in [1.29, 1.82) is 0 Å². The fraction of sp³-hybridized carbons (Fsp3) is 0. The highest BCUT2D eigenvalue weighted by atomic mass is 35.5. The number of benzene rings is 1. The lowest BCUT2D eigenvalue weighted by atomic mass is 10.2. The molecule has 0 aliphatic heterocycles. The van der Waals surface area contributed by atoms with Gasteiger partial charge in [0, 0.05) is 12.3 Å². The van der Waals surface area contributed by atoms with Gasteiger partial charge in [-0.15, -0.1) is 0 Å². The van der Waals surface area contributed by atoms with Gasteiger partial charge in [0.25, 0.3) is 15.9 Å². The van der Waals surface area contributed by atoms with E-state index in [1.54, 1.807) is 18.2 Å². The third-order valence-electron chi connectivity index (χ3n) is 3.23. The van der Waals surface area contributed by atoms with Crippen LogP contribution in [0.25, 0.3) is 11.7 Å². The van der Waals surface area contributed by atoms with Crippen LogP contribution < -0.4 is 4.72 Å². The highest BCUT2D eigenvalue weighted by Crippen LogP contribution is 2.22. The first-order valence-corrected chi connectivity index (χ1v) is 8.86. The van der Waals surface area contributed by atoms with Gasteiger partial charge in [0.05, 0.1) is 0 Å². The predicted molar refractivity (Wildman–Crippen MR) is 91.0 cm³/mol. The molecule has 128 valence electrons. The Morgan fingerprint density at radius 1 is 1.20 bits per heavy atom. The Bertz CT molecular complexity index is 1080. The van der Waals surface area contributed by atoms with E-state index >= 15 is 0 Å². The molecule has 0 atom stereocenters. The van der Waals surface area contributed by atoms with E-state index in [9.17, 15) is 17.6 Å². The monoisotopic (exact) mass is 379 g/mol. The fourth-order valence-electron chi connectivity index (χ4n) is 2.15. The molecule has 0 unspecified atom stereocenters. The Morgan fingerprint density at radius 3 is 2.64 bits per heavy atom. The maximum Gasteiger partial charge on any atom is 0.283 e. The number of imidazole rings is 1. The molecule has 0 aliphatic carbocycles. The summed E-state index contributed by atoms with van der Waals surface area (Å²) < 4.78 is 40.9. The predicted octanol–water partition coefficient (Wildman–Crippen LogP) is 2.65. The summed E-state index contributed by atoms with van der Waals surface area (Å²) in [5.74, 6) is -1.28. The number of carbonyl (C=O) groups is 1. The molecule has 9 heteroatoms. The Kier molecular flexibility index (Phi) is 4.56. The van der Waals surface area contributed by atoms with Gasteiger partial charge >= 0.3 is 0 Å². The van der Waals surface area contributed by atoms with Gasteiger partial charge in [-0.25, -0.2) is 14.1 Å². The van der Waals surface area contributed by atoms with Crippen molar-refractivity contribution >= 4 is 39.3 Å². The van der Waals surface area contributed by atoms with Crippen molar-refractivity contribution in [3.8, 4) is 0 Å². The minimum atomic E-state index is -4.23. The molecule has 0 saturated heterocycles. The summed E-state index contributed by atoms with van der Waals surface area (Å²) in [6.07, 6.45) is 3.86. The summed E-state index contributed by atoms with van der Waals surface area (Å²) in [6.45, 7) is 0. The Hall–Kier alpha value is -2.71. The molecule has 1 aromatic carbocycles. The van der Waals surface area contributed by atoms with E-state index in [4.69, 9.17) is 11.6 Å². The van der Waals surface area contributed by atoms with Gasteiger partial charge in [-0.05, 0) is 35.9 Å². The largest absolute Gasteiger partial charge is 0.288 e. The number of nitrogens with one attached hydrogen (secondary N) is 1. The molecule has 1 amide bonds. The first-order chi connectivity index (χ1) is 11.9. The molecule has 2 heterocycles. The molecule has 1 N–H and O–H groups in total. The summed E-state index contributed by atoms with van der Waals surface area (Å²) in [4.78, 5) is 15.9. The average Bonchev–Trinajstić information content (AvgIpc) is 2.90. The first-order valence-electron chi connectivity index (χ1n) is 7.00. The van der Waals surface area contributed by atoms with Crippen LogP contribution in [0.5, 0.6) is 0 Å². The lowest BCUT2D eigenvalue weighted by Crippen LogP contribution is -2.30. The second-order valence-electron chi connectivity index (χ2n) is 4.99. The van der Waals surface area contributed by atoms with Crippen molar-refractivity contribution in [3.63, 3.8) is 0 Å². The summed E-state index contributed by atoms with van der Waals surface area (Å²) in [5.41, 5.74) is 0.879. The van der Waals surface area contributed by atoms with E-state index in [-0.39, 0.29) is 10.2 Å². The molecule has 3 rings (SSSR count). The quantitative estimate of drug-likeness (QED) is 0.707. The summed E-state index contributed by atoms with van der Waals surface area (Å²) in [6, 6.07) is 10.2. The summed E-state index contributed by atoms with van der Waals surface area (Å²) in [7, 11) is -4.23. The van der Waals surface area contributed by atoms with Crippen molar-refractivity contribution < 1.29 is 17.6 Å². The molecular weight excluding hydrogens is 369 g/mol. The molecule has 6 nitrogen and oxygen atoms in total. The van der Waals surface area contributed by atoms with Gasteiger partial charge in [0.1, 0.15) is 11.5 Å². The molecule has 0 fully saturated rings. The van der Waals surface area contributed by atoms with Gasteiger partial charge in [0.15, 0.2) is 10.2 Å². The summed E-state index contributed by atoms with van der Waals surface area (Å²) >= 11 is 5.91. The van der Waals surface area contributed by atoms with E-state index in [0.29, 0.717) is 11.2 Å². The first kappa shape index (κ1) is 17.1. The van der Waals surface area contributed by atoms with Gasteiger partial charge < -0.3 is 0 Å². The van der Waals surface area contributed by atoms with Crippen LogP contribution in [0.15, 0.2) is 59.8 Å². The van der Waals surface area contributed by atoms with Crippen molar-refractivity contribution in [2.24, 2.45) is 0 Å². The molecule has 0 radical (unpaired) electrons. The Morgan fingerprint density at radius 2 is 1.92 bits per heavy atom. The zero-order chi connectivity index (χ0) is 18.0. The standard InChI is InChI=1S/C16H11ClFN3O3S/c17-15-16(21-10-2-1-3-13(21)19-15)25(23,24)20-14(22)9-6-11-4-7-12(18)8-5-11/h1-10H,(H,20,22). The number of hydrogen-bond donors (Lipinski definition) is 1. The van der Waals surface area contributed by atoms with Crippen LogP contribution in [0.2, 0.25) is 5.15 Å². The third-order valence-corrected chi connectivity index (χ3v) is 4.98. The third kappa shape index (κ3) is 3.70. The topological polar surface area (TPSA) is 80.5 Å². The van der Waals surface area contributed by atoms with E-state index in [1.165, 1.54) is 40.9 Å². The molecule has 3 aromatic rings. The number of aromatic nitrogens is 2. The number of fused-ring (bicyclic) bond motifs is 1. The lowest BCUT2D eigenvalue weighted by molar-refractivity contribution is -0.114. The smallest absolute Gasteiger partial charge is 0.283 e. The molecule has 0 spiro atoms. The minimum absolute atomic E-state index is 0.242. The number of halogens is 2. The van der Waals surface area contributed by atoms with Crippen molar-refractivity contribution in [1.82, 2.24) is 14.1 Å². The number of carbonyl (C=O) groups excluding carboxylic acids is 1. The molecule has 0 saturated carbocycles. The van der Waals surface area contributed by atoms with Gasteiger partial charge in [-0.1, -0.05) is 29.8 Å². The van der Waals surface area contributed by atoms with Crippen LogP contribution in [-0.2, 0) is 14.8 Å². The van der Waals surface area contributed by atoms with E-state index < -0.39 is 21.7 Å². The molecule has 25 heavy (non-hydrogen) atoms. The van der Waals surface area contributed by atoms with Crippen molar-refractivity contribution in [2.45, 2.75) is 5.03 Å². The van der Waals surface area contributed by atoms with Crippen LogP contribution >= 0.6 is 11.6 Å². The van der Waals surface area contributed by atoms with E-state index in [0.717, 1.165) is 6.08 Å². The zero-order valence-electron chi connectivity index (χ0n) is 12.6. The van der Waals surface area contributed by atoms with Gasteiger partial charge in [0.2, 0.25) is 0 Å². The van der Waals surface area contributed by atoms with Crippen LogP contribution in [0.3, 0.4) is 0 Å².